The molecular weight excluding hydrogens is 510 g/mol. The molecule has 0 bridgehead atoms. The molecule has 0 saturated heterocycles. The maximum Gasteiger partial charge on any atom is 0.310 e. The van der Waals surface area contributed by atoms with Gasteiger partial charge < -0.3 is 5.11 Å². The van der Waals surface area contributed by atoms with Crippen molar-refractivity contribution in [2.45, 2.75) is 106 Å². The summed E-state index contributed by atoms with van der Waals surface area (Å²) in [5, 5.41) is 21.0. The number of Topliss-reactive ketones (excluding diaryl/α,β-unsaturated/α-hetero) is 1. The van der Waals surface area contributed by atoms with E-state index in [-0.39, 0.29) is 45.2 Å². The number of aromatic nitrogens is 2. The molecule has 1 aromatic rings. The van der Waals surface area contributed by atoms with Gasteiger partial charge in [-0.15, -0.1) is 0 Å². The molecule has 5 aliphatic rings. The van der Waals surface area contributed by atoms with E-state index in [4.69, 9.17) is 0 Å². The number of carboxylic acids is 1. The van der Waals surface area contributed by atoms with Gasteiger partial charge in [0.1, 0.15) is 12.2 Å². The Balaban J connectivity index is 1.61. The van der Waals surface area contributed by atoms with Crippen molar-refractivity contribution < 1.29 is 14.7 Å². The summed E-state index contributed by atoms with van der Waals surface area (Å²) in [7, 11) is 0. The summed E-state index contributed by atoms with van der Waals surface area (Å²) in [6.45, 7) is 16.1. The predicted octanol–water partition coefficient (Wildman–Crippen LogP) is 7.51. The van der Waals surface area contributed by atoms with Gasteiger partial charge in [0.2, 0.25) is 0 Å². The zero-order valence-electron chi connectivity index (χ0n) is 26.0. The highest BCUT2D eigenvalue weighted by molar-refractivity contribution is 5.90. The molecule has 6 nitrogen and oxygen atoms in total. The van der Waals surface area contributed by atoms with Crippen molar-refractivity contribution in [2.75, 3.05) is 0 Å². The fourth-order valence-electron chi connectivity index (χ4n) is 11.6. The minimum absolute atomic E-state index is 0.0303. The van der Waals surface area contributed by atoms with Crippen LogP contribution in [-0.2, 0) is 9.59 Å². The lowest BCUT2D eigenvalue weighted by molar-refractivity contribution is -0.191. The van der Waals surface area contributed by atoms with Crippen molar-refractivity contribution >= 4 is 17.3 Å². The van der Waals surface area contributed by atoms with Crippen molar-refractivity contribution in [1.29, 1.82) is 5.26 Å². The molecule has 6 rings (SSSR count). The molecule has 1 heterocycles. The predicted molar refractivity (Wildman–Crippen MR) is 157 cm³/mol. The van der Waals surface area contributed by atoms with Gasteiger partial charge in [-0.25, -0.2) is 9.97 Å². The van der Waals surface area contributed by atoms with Crippen LogP contribution in [0.5, 0.6) is 0 Å². The smallest absolute Gasteiger partial charge is 0.310 e. The molecule has 4 saturated carbocycles. The number of allylic oxidation sites excluding steroid dienone is 2. The average molecular weight is 558 g/mol. The molecule has 1 N–H and O–H groups in total. The molecule has 220 valence electrons. The Kier molecular flexibility index (Phi) is 6.09. The van der Waals surface area contributed by atoms with E-state index in [0.717, 1.165) is 50.5 Å². The molecule has 0 spiro atoms. The number of rotatable bonds is 2. The molecule has 8 unspecified atom stereocenters. The van der Waals surface area contributed by atoms with Gasteiger partial charge in [0.15, 0.2) is 5.78 Å². The number of carbonyl (C=O) groups excluding carboxylic acids is 1. The highest BCUT2D eigenvalue weighted by Crippen LogP contribution is 2.77. The summed E-state index contributed by atoms with van der Waals surface area (Å²) in [6, 6.07) is 2.40. The van der Waals surface area contributed by atoms with Gasteiger partial charge in [0, 0.05) is 23.4 Å². The Morgan fingerprint density at radius 3 is 2.24 bits per heavy atom. The number of carbonyl (C=O) groups is 2. The molecule has 4 fully saturated rings. The van der Waals surface area contributed by atoms with Crippen LogP contribution in [0.2, 0.25) is 0 Å². The first-order valence-corrected chi connectivity index (χ1v) is 15.7. The second-order valence-electron chi connectivity index (χ2n) is 16.5. The van der Waals surface area contributed by atoms with Crippen LogP contribution >= 0.6 is 0 Å². The highest BCUT2D eigenvalue weighted by atomic mass is 16.4. The molecule has 6 heteroatoms. The number of ketones is 1. The molecule has 41 heavy (non-hydrogen) atoms. The first kappa shape index (κ1) is 28.6. The normalized spacial score (nSPS) is 44.5. The molecule has 5 aliphatic carbocycles. The lowest BCUT2D eigenvalue weighted by atomic mass is 9.32. The van der Waals surface area contributed by atoms with Crippen LogP contribution < -0.4 is 0 Å². The highest BCUT2D eigenvalue weighted by Gasteiger charge is 2.71. The molecule has 0 amide bonds. The summed E-state index contributed by atoms with van der Waals surface area (Å²) in [4.78, 5) is 35.6. The Morgan fingerprint density at radius 2 is 1.61 bits per heavy atom. The lowest BCUT2D eigenvalue weighted by Gasteiger charge is -2.71. The third-order valence-electron chi connectivity index (χ3n) is 14.0. The van der Waals surface area contributed by atoms with Crippen molar-refractivity contribution in [3.63, 3.8) is 0 Å². The number of hydrogen-bond acceptors (Lipinski definition) is 5. The SMILES string of the molecule is CC1(C)CCC2(C(=O)O)CCC3(C)C(=C(c4cncnc4)CC4C5(C)CC(C#N)C(=O)C(C)(C)C5CCC43C)C2C1. The van der Waals surface area contributed by atoms with E-state index in [1.165, 1.54) is 11.1 Å². The van der Waals surface area contributed by atoms with Gasteiger partial charge >= 0.3 is 5.97 Å². The molecule has 8 atom stereocenters. The maximum absolute atomic E-state index is 13.5. The van der Waals surface area contributed by atoms with Crippen LogP contribution in [0.4, 0.5) is 0 Å². The summed E-state index contributed by atoms with van der Waals surface area (Å²) < 4.78 is 0. The standard InChI is InChI=1S/C35H47N3O3/c1-30(2)10-12-35(29(40)41)13-11-34(7)27(24(35)16-30)23(22-18-37-20-38-19-22)14-26-32(5)15-21(17-36)28(39)31(3,4)25(32)8-9-33(26,34)6/h18-21,24-26H,8-16H2,1-7H3,(H,40,41). The summed E-state index contributed by atoms with van der Waals surface area (Å²) in [5.41, 5.74) is 1.94. The molecular formula is C35H47N3O3. The Hall–Kier alpha value is -2.55. The van der Waals surface area contributed by atoms with E-state index >= 15 is 0 Å². The van der Waals surface area contributed by atoms with E-state index in [2.05, 4.69) is 64.5 Å². The minimum atomic E-state index is -0.735. The van der Waals surface area contributed by atoms with Gasteiger partial charge in [-0.1, -0.05) is 54.0 Å². The van der Waals surface area contributed by atoms with Crippen LogP contribution in [0.25, 0.3) is 5.57 Å². The third kappa shape index (κ3) is 3.59. The summed E-state index contributed by atoms with van der Waals surface area (Å²) in [6.07, 6.45) is 12.9. The molecule has 0 aromatic carbocycles. The lowest BCUT2D eigenvalue weighted by Crippen LogP contribution is -2.66. The quantitative estimate of drug-likeness (QED) is 0.403. The Morgan fingerprint density at radius 1 is 0.951 bits per heavy atom. The second-order valence-corrected chi connectivity index (χ2v) is 16.5. The van der Waals surface area contributed by atoms with Crippen LogP contribution in [0.3, 0.4) is 0 Å². The van der Waals surface area contributed by atoms with Gasteiger partial charge in [0.25, 0.3) is 0 Å². The van der Waals surface area contributed by atoms with Crippen molar-refractivity contribution in [3.8, 4) is 6.07 Å². The van der Waals surface area contributed by atoms with E-state index in [1.807, 2.05) is 12.4 Å². The average Bonchev–Trinajstić information content (AvgIpc) is 2.91. The Labute approximate surface area is 245 Å². The first-order valence-electron chi connectivity index (χ1n) is 15.7. The van der Waals surface area contributed by atoms with Gasteiger partial charge in [-0.05, 0) is 103 Å². The topological polar surface area (TPSA) is 104 Å². The van der Waals surface area contributed by atoms with Crippen LogP contribution in [-0.4, -0.2) is 26.8 Å². The first-order chi connectivity index (χ1) is 19.1. The zero-order valence-corrected chi connectivity index (χ0v) is 26.0. The number of aliphatic carboxylic acids is 1. The second kappa shape index (κ2) is 8.74. The van der Waals surface area contributed by atoms with Crippen molar-refractivity contribution in [1.82, 2.24) is 9.97 Å². The monoisotopic (exact) mass is 557 g/mol. The number of nitrogens with zero attached hydrogens (tertiary/aromatic N) is 3. The molecule has 1 aromatic heterocycles. The summed E-state index contributed by atoms with van der Waals surface area (Å²) >= 11 is 0. The maximum atomic E-state index is 13.5. The number of hydrogen-bond donors (Lipinski definition) is 1. The minimum Gasteiger partial charge on any atom is -0.481 e. The number of fused-ring (bicyclic) bond motifs is 7. The number of carboxylic acid groups (broad SMARTS) is 1. The van der Waals surface area contributed by atoms with Gasteiger partial charge in [-0.2, -0.15) is 5.26 Å². The van der Waals surface area contributed by atoms with E-state index in [9.17, 15) is 20.0 Å². The summed E-state index contributed by atoms with van der Waals surface area (Å²) in [5.74, 6) is -0.676. The molecule has 0 aliphatic heterocycles. The van der Waals surface area contributed by atoms with Crippen LogP contribution in [0.1, 0.15) is 112 Å². The fraction of sp³-hybridized carbons (Fsp3) is 0.743. The zero-order chi connectivity index (χ0) is 29.8. The molecule has 0 radical (unpaired) electrons. The van der Waals surface area contributed by atoms with E-state index < -0.39 is 22.7 Å². The largest absolute Gasteiger partial charge is 0.481 e. The van der Waals surface area contributed by atoms with Crippen molar-refractivity contribution in [3.05, 3.63) is 29.9 Å². The van der Waals surface area contributed by atoms with Crippen LogP contribution in [0, 0.1) is 67.5 Å². The number of nitriles is 1. The fourth-order valence-corrected chi connectivity index (χ4v) is 11.6. The van der Waals surface area contributed by atoms with E-state index in [0.29, 0.717) is 12.8 Å². The van der Waals surface area contributed by atoms with Gasteiger partial charge in [-0.3, -0.25) is 9.59 Å². The Bertz CT molecular complexity index is 1370. The van der Waals surface area contributed by atoms with Crippen molar-refractivity contribution in [2.24, 2.45) is 56.2 Å². The van der Waals surface area contributed by atoms with Gasteiger partial charge in [0.05, 0.1) is 11.5 Å². The van der Waals surface area contributed by atoms with Crippen LogP contribution in [0.15, 0.2) is 24.3 Å². The van der Waals surface area contributed by atoms with E-state index in [1.54, 1.807) is 6.33 Å². The third-order valence-corrected chi connectivity index (χ3v) is 14.0.